The maximum absolute atomic E-state index is 14.5. The molecule has 0 aliphatic heterocycles. The van der Waals surface area contributed by atoms with Crippen molar-refractivity contribution < 1.29 is 32.2 Å². The van der Waals surface area contributed by atoms with Gasteiger partial charge in [-0.2, -0.15) is 0 Å². The predicted octanol–water partition coefficient (Wildman–Crippen LogP) is 5.05. The van der Waals surface area contributed by atoms with E-state index in [0.717, 1.165) is 30.3 Å². The van der Waals surface area contributed by atoms with Gasteiger partial charge in [0.15, 0.2) is 34.8 Å². The lowest BCUT2D eigenvalue weighted by Gasteiger charge is -2.14. The smallest absolute Gasteiger partial charge is 0.188 e. The van der Waals surface area contributed by atoms with E-state index in [1.807, 2.05) is 0 Å². The number of benzene rings is 3. The third-order valence-electron chi connectivity index (χ3n) is 3.96. The standard InChI is InChI=1S/C19H11F5O2/c20-11-4-1-9(2-5-11)12-8-15(22)19(26)17(24)13(12)7-10-3-6-14(21)18(25)16(10)23/h1-6,8,25-26H,7H2. The number of phenolic OH excluding ortho intramolecular Hbond substituents is 2. The quantitative estimate of drug-likeness (QED) is 0.637. The number of halogens is 5. The van der Waals surface area contributed by atoms with Crippen molar-refractivity contribution in [1.29, 1.82) is 0 Å². The Labute approximate surface area is 144 Å². The Morgan fingerprint density at radius 3 is 1.96 bits per heavy atom. The molecule has 2 N–H and O–H groups in total. The Balaban J connectivity index is 2.18. The first kappa shape index (κ1) is 17.7. The van der Waals surface area contributed by atoms with Crippen LogP contribution >= 0.6 is 0 Å². The molecule has 0 saturated carbocycles. The van der Waals surface area contributed by atoms with Gasteiger partial charge < -0.3 is 10.2 Å². The largest absolute Gasteiger partial charge is 0.503 e. The molecule has 3 aromatic rings. The summed E-state index contributed by atoms with van der Waals surface area (Å²) in [6.45, 7) is 0. The molecule has 0 unspecified atom stereocenters. The van der Waals surface area contributed by atoms with Gasteiger partial charge in [0.05, 0.1) is 0 Å². The normalized spacial score (nSPS) is 11.0. The maximum atomic E-state index is 14.5. The minimum atomic E-state index is -1.33. The zero-order valence-corrected chi connectivity index (χ0v) is 13.0. The van der Waals surface area contributed by atoms with Crippen LogP contribution in [0, 0.1) is 29.1 Å². The zero-order chi connectivity index (χ0) is 19.0. The van der Waals surface area contributed by atoms with Crippen LogP contribution < -0.4 is 0 Å². The first-order valence-corrected chi connectivity index (χ1v) is 7.41. The van der Waals surface area contributed by atoms with E-state index >= 15 is 0 Å². The highest BCUT2D eigenvalue weighted by molar-refractivity contribution is 5.69. The topological polar surface area (TPSA) is 40.5 Å². The lowest BCUT2D eigenvalue weighted by atomic mass is 9.93. The first-order chi connectivity index (χ1) is 12.3. The highest BCUT2D eigenvalue weighted by Gasteiger charge is 2.22. The Hall–Kier alpha value is -3.09. The van der Waals surface area contributed by atoms with Gasteiger partial charge in [-0.25, -0.2) is 22.0 Å². The molecule has 0 fully saturated rings. The molecule has 3 rings (SSSR count). The van der Waals surface area contributed by atoms with Gasteiger partial charge in [0.1, 0.15) is 5.82 Å². The summed E-state index contributed by atoms with van der Waals surface area (Å²) in [5, 5.41) is 18.9. The fraction of sp³-hybridized carbons (Fsp3) is 0.0526. The van der Waals surface area contributed by atoms with E-state index in [4.69, 9.17) is 0 Å². The van der Waals surface area contributed by atoms with Crippen LogP contribution in [-0.2, 0) is 6.42 Å². The number of hydrogen-bond donors (Lipinski definition) is 2. The summed E-state index contributed by atoms with van der Waals surface area (Å²) in [6.07, 6.45) is -0.508. The number of aromatic hydroxyl groups is 2. The summed E-state index contributed by atoms with van der Waals surface area (Å²) in [5.74, 6) is -8.09. The van der Waals surface area contributed by atoms with Crippen LogP contribution in [0.2, 0.25) is 0 Å². The van der Waals surface area contributed by atoms with Crippen molar-refractivity contribution in [3.05, 3.63) is 82.7 Å². The molecule has 2 nitrogen and oxygen atoms in total. The van der Waals surface area contributed by atoms with Crippen LogP contribution in [-0.4, -0.2) is 10.2 Å². The van der Waals surface area contributed by atoms with E-state index in [1.54, 1.807) is 0 Å². The van der Waals surface area contributed by atoms with E-state index < -0.39 is 47.0 Å². The Morgan fingerprint density at radius 1 is 0.692 bits per heavy atom. The maximum Gasteiger partial charge on any atom is 0.188 e. The molecule has 26 heavy (non-hydrogen) atoms. The molecule has 0 amide bonds. The van der Waals surface area contributed by atoms with Crippen LogP contribution in [0.15, 0.2) is 42.5 Å². The molecule has 0 bridgehead atoms. The van der Waals surface area contributed by atoms with Gasteiger partial charge in [-0.3, -0.25) is 0 Å². The molecule has 134 valence electrons. The van der Waals surface area contributed by atoms with Crippen molar-refractivity contribution in [2.75, 3.05) is 0 Å². The van der Waals surface area contributed by atoms with Crippen LogP contribution in [0.4, 0.5) is 22.0 Å². The number of phenols is 2. The van der Waals surface area contributed by atoms with E-state index in [0.29, 0.717) is 0 Å². The summed E-state index contributed by atoms with van der Waals surface area (Å²) in [4.78, 5) is 0. The van der Waals surface area contributed by atoms with E-state index in [1.165, 1.54) is 12.1 Å². The molecule has 0 spiro atoms. The summed E-state index contributed by atoms with van der Waals surface area (Å²) < 4.78 is 68.6. The van der Waals surface area contributed by atoms with Gasteiger partial charge >= 0.3 is 0 Å². The highest BCUT2D eigenvalue weighted by Crippen LogP contribution is 2.35. The summed E-state index contributed by atoms with van der Waals surface area (Å²) in [6, 6.07) is 7.32. The zero-order valence-electron chi connectivity index (χ0n) is 13.0. The molecular weight excluding hydrogens is 355 g/mol. The SMILES string of the molecule is Oc1c(F)ccc(Cc2c(-c3ccc(F)cc3)cc(F)c(O)c2F)c1F. The van der Waals surface area contributed by atoms with Crippen molar-refractivity contribution in [1.82, 2.24) is 0 Å². The van der Waals surface area contributed by atoms with Crippen LogP contribution in [0.25, 0.3) is 11.1 Å². The Morgan fingerprint density at radius 2 is 1.31 bits per heavy atom. The van der Waals surface area contributed by atoms with Gasteiger partial charge in [-0.05, 0) is 41.0 Å². The second kappa shape index (κ2) is 6.67. The molecule has 0 atom stereocenters. The summed E-state index contributed by atoms with van der Waals surface area (Å²) >= 11 is 0. The molecule has 3 aromatic carbocycles. The lowest BCUT2D eigenvalue weighted by molar-refractivity contribution is 0.390. The molecule has 7 heteroatoms. The monoisotopic (exact) mass is 366 g/mol. The fourth-order valence-electron chi connectivity index (χ4n) is 2.62. The minimum Gasteiger partial charge on any atom is -0.503 e. The summed E-state index contributed by atoms with van der Waals surface area (Å²) in [7, 11) is 0. The van der Waals surface area contributed by atoms with E-state index in [9.17, 15) is 32.2 Å². The van der Waals surface area contributed by atoms with Crippen LogP contribution in [0.1, 0.15) is 11.1 Å². The van der Waals surface area contributed by atoms with Crippen molar-refractivity contribution in [3.63, 3.8) is 0 Å². The van der Waals surface area contributed by atoms with Crippen molar-refractivity contribution in [3.8, 4) is 22.6 Å². The third kappa shape index (κ3) is 3.08. The second-order valence-corrected chi connectivity index (χ2v) is 5.60. The van der Waals surface area contributed by atoms with Crippen molar-refractivity contribution >= 4 is 0 Å². The van der Waals surface area contributed by atoms with Crippen molar-refractivity contribution in [2.45, 2.75) is 6.42 Å². The van der Waals surface area contributed by atoms with Gasteiger partial charge in [-0.15, -0.1) is 0 Å². The minimum absolute atomic E-state index is 0.0407. The average Bonchev–Trinajstić information content (AvgIpc) is 2.62. The molecule has 0 aromatic heterocycles. The van der Waals surface area contributed by atoms with Crippen molar-refractivity contribution in [2.24, 2.45) is 0 Å². The Kier molecular flexibility index (Phi) is 4.54. The van der Waals surface area contributed by atoms with E-state index in [2.05, 4.69) is 0 Å². The number of hydrogen-bond acceptors (Lipinski definition) is 2. The third-order valence-corrected chi connectivity index (χ3v) is 3.96. The van der Waals surface area contributed by atoms with Gasteiger partial charge in [0.2, 0.25) is 0 Å². The molecular formula is C19H11F5O2. The molecule has 0 aliphatic rings. The fourth-order valence-corrected chi connectivity index (χ4v) is 2.62. The Bertz CT molecular complexity index is 984. The lowest BCUT2D eigenvalue weighted by Crippen LogP contribution is -2.02. The average molecular weight is 366 g/mol. The van der Waals surface area contributed by atoms with Gasteiger partial charge in [0.25, 0.3) is 0 Å². The molecule has 0 heterocycles. The van der Waals surface area contributed by atoms with Crippen LogP contribution in [0.3, 0.4) is 0 Å². The molecule has 0 saturated heterocycles. The van der Waals surface area contributed by atoms with Gasteiger partial charge in [-0.1, -0.05) is 18.2 Å². The van der Waals surface area contributed by atoms with Crippen LogP contribution in [0.5, 0.6) is 11.5 Å². The second-order valence-electron chi connectivity index (χ2n) is 5.60. The van der Waals surface area contributed by atoms with E-state index in [-0.39, 0.29) is 22.3 Å². The molecule has 0 radical (unpaired) electrons. The van der Waals surface area contributed by atoms with Gasteiger partial charge in [0, 0.05) is 12.0 Å². The molecule has 0 aliphatic carbocycles. The highest BCUT2D eigenvalue weighted by atomic mass is 19.1. The first-order valence-electron chi connectivity index (χ1n) is 7.41. The summed E-state index contributed by atoms with van der Waals surface area (Å²) in [5.41, 5.74) is -0.371. The number of rotatable bonds is 3. The predicted molar refractivity (Wildman–Crippen MR) is 84.2 cm³/mol.